The number of benzene rings is 2. The Bertz CT molecular complexity index is 957. The van der Waals surface area contributed by atoms with Gasteiger partial charge in [-0.3, -0.25) is 9.59 Å². The number of halogens is 1. The Hall–Kier alpha value is -3.81. The third kappa shape index (κ3) is 5.34. The van der Waals surface area contributed by atoms with Crippen LogP contribution in [-0.4, -0.2) is 21.8 Å². The Morgan fingerprint density at radius 3 is 2.14 bits per heavy atom. The maximum Gasteiger partial charge on any atom is 0.254 e. The van der Waals surface area contributed by atoms with Crippen molar-refractivity contribution in [2.75, 3.05) is 10.6 Å². The summed E-state index contributed by atoms with van der Waals surface area (Å²) in [6, 6.07) is 13.0. The number of amides is 2. The average Bonchev–Trinajstić information content (AvgIpc) is 2.69. The first kappa shape index (κ1) is 19.0. The van der Waals surface area contributed by atoms with Crippen LogP contribution in [0, 0.1) is 5.82 Å². The van der Waals surface area contributed by atoms with Crippen molar-refractivity contribution in [2.24, 2.45) is 0 Å². The maximum absolute atomic E-state index is 12.9. The molecule has 2 amide bonds. The molecule has 0 bridgehead atoms. The Morgan fingerprint density at radius 1 is 0.929 bits per heavy atom. The van der Waals surface area contributed by atoms with Crippen LogP contribution in [0.4, 0.5) is 21.7 Å². The minimum absolute atomic E-state index is 0.141. The van der Waals surface area contributed by atoms with Gasteiger partial charge in [-0.1, -0.05) is 12.1 Å². The summed E-state index contributed by atoms with van der Waals surface area (Å²) >= 11 is 0. The molecule has 2 aromatic carbocycles. The fourth-order valence-corrected chi connectivity index (χ4v) is 2.37. The number of hydrogen-bond donors (Lipinski definition) is 3. The van der Waals surface area contributed by atoms with Crippen molar-refractivity contribution in [1.29, 1.82) is 0 Å². The molecule has 0 saturated carbocycles. The summed E-state index contributed by atoms with van der Waals surface area (Å²) in [5.41, 5.74) is 2.53. The summed E-state index contributed by atoms with van der Waals surface area (Å²) < 4.78 is 12.9. The fraction of sp³-hybridized carbons (Fsp3) is 0.100. The van der Waals surface area contributed by atoms with Crippen molar-refractivity contribution in [3.8, 4) is 0 Å². The standard InChI is InChI=1S/C20H18FN5O2/c1-13(27)25-17-6-8-18(9-7-17)26-20-23-11-15(12-24-20)19(28)22-10-14-2-4-16(21)5-3-14/h2-9,11-12H,10H2,1H3,(H,22,28)(H,25,27)(H,23,24,26). The number of carbonyl (C=O) groups is 2. The van der Waals surface area contributed by atoms with E-state index in [4.69, 9.17) is 0 Å². The molecule has 0 atom stereocenters. The van der Waals surface area contributed by atoms with Gasteiger partial charge in [-0.25, -0.2) is 14.4 Å². The lowest BCUT2D eigenvalue weighted by molar-refractivity contribution is -0.114. The summed E-state index contributed by atoms with van der Waals surface area (Å²) in [5.74, 6) is -0.452. The molecule has 142 valence electrons. The number of carbonyl (C=O) groups excluding carboxylic acids is 2. The zero-order valence-corrected chi connectivity index (χ0v) is 15.1. The minimum Gasteiger partial charge on any atom is -0.348 e. The van der Waals surface area contributed by atoms with Crippen molar-refractivity contribution < 1.29 is 14.0 Å². The van der Waals surface area contributed by atoms with Gasteiger partial charge in [0.1, 0.15) is 5.82 Å². The van der Waals surface area contributed by atoms with Crippen LogP contribution < -0.4 is 16.0 Å². The lowest BCUT2D eigenvalue weighted by Crippen LogP contribution is -2.23. The molecular formula is C20H18FN5O2. The van der Waals surface area contributed by atoms with Crippen molar-refractivity contribution >= 4 is 29.1 Å². The second-order valence-corrected chi connectivity index (χ2v) is 5.99. The van der Waals surface area contributed by atoms with E-state index in [1.165, 1.54) is 31.5 Å². The van der Waals surface area contributed by atoms with Crippen molar-refractivity contribution in [3.63, 3.8) is 0 Å². The van der Waals surface area contributed by atoms with Gasteiger partial charge in [0.2, 0.25) is 11.9 Å². The van der Waals surface area contributed by atoms with Crippen LogP contribution in [0.5, 0.6) is 0 Å². The zero-order chi connectivity index (χ0) is 19.9. The molecule has 0 saturated heterocycles. The topological polar surface area (TPSA) is 96.0 Å². The lowest BCUT2D eigenvalue weighted by Gasteiger charge is -2.08. The third-order valence-electron chi connectivity index (χ3n) is 3.74. The summed E-state index contributed by atoms with van der Waals surface area (Å²) in [5, 5.41) is 8.42. The first-order valence-corrected chi connectivity index (χ1v) is 8.49. The summed E-state index contributed by atoms with van der Waals surface area (Å²) in [6.07, 6.45) is 2.84. The van der Waals surface area contributed by atoms with E-state index in [2.05, 4.69) is 25.9 Å². The SMILES string of the molecule is CC(=O)Nc1ccc(Nc2ncc(C(=O)NCc3ccc(F)cc3)cn2)cc1. The van der Waals surface area contributed by atoms with Gasteiger partial charge >= 0.3 is 0 Å². The highest BCUT2D eigenvalue weighted by Crippen LogP contribution is 2.16. The van der Waals surface area contributed by atoms with Gasteiger partial charge in [-0.15, -0.1) is 0 Å². The van der Waals surface area contributed by atoms with Crippen molar-refractivity contribution in [2.45, 2.75) is 13.5 Å². The molecule has 28 heavy (non-hydrogen) atoms. The summed E-state index contributed by atoms with van der Waals surface area (Å²) in [4.78, 5) is 31.4. The van der Waals surface area contributed by atoms with Gasteiger partial charge in [0.15, 0.2) is 0 Å². The number of aromatic nitrogens is 2. The summed E-state index contributed by atoms with van der Waals surface area (Å²) in [6.45, 7) is 1.72. The van der Waals surface area contributed by atoms with E-state index in [0.29, 0.717) is 17.2 Å². The van der Waals surface area contributed by atoms with Gasteiger partial charge < -0.3 is 16.0 Å². The predicted molar refractivity (Wildman–Crippen MR) is 104 cm³/mol. The highest BCUT2D eigenvalue weighted by molar-refractivity contribution is 5.93. The molecule has 0 aliphatic heterocycles. The van der Waals surface area contributed by atoms with Crippen LogP contribution in [0.1, 0.15) is 22.8 Å². The lowest BCUT2D eigenvalue weighted by atomic mass is 10.2. The molecule has 3 rings (SSSR count). The largest absolute Gasteiger partial charge is 0.348 e. The van der Waals surface area contributed by atoms with Crippen LogP contribution >= 0.6 is 0 Å². The zero-order valence-electron chi connectivity index (χ0n) is 15.1. The molecule has 8 heteroatoms. The number of nitrogens with one attached hydrogen (secondary N) is 3. The van der Waals surface area contributed by atoms with Gasteiger partial charge in [-0.05, 0) is 42.0 Å². The Labute approximate surface area is 161 Å². The van der Waals surface area contributed by atoms with Gasteiger partial charge in [-0.2, -0.15) is 0 Å². The number of rotatable bonds is 6. The number of hydrogen-bond acceptors (Lipinski definition) is 5. The maximum atomic E-state index is 12.9. The highest BCUT2D eigenvalue weighted by atomic mass is 19.1. The molecule has 3 aromatic rings. The first-order chi connectivity index (χ1) is 13.5. The van der Waals surface area contributed by atoms with E-state index in [-0.39, 0.29) is 24.2 Å². The molecular weight excluding hydrogens is 361 g/mol. The Kier molecular flexibility index (Phi) is 5.91. The van der Waals surface area contributed by atoms with E-state index in [1.807, 2.05) is 0 Å². The van der Waals surface area contributed by atoms with E-state index in [9.17, 15) is 14.0 Å². The quantitative estimate of drug-likeness (QED) is 0.611. The van der Waals surface area contributed by atoms with Crippen LogP contribution in [0.3, 0.4) is 0 Å². The van der Waals surface area contributed by atoms with Crippen LogP contribution in [0.25, 0.3) is 0 Å². The molecule has 0 fully saturated rings. The van der Waals surface area contributed by atoms with Crippen molar-refractivity contribution in [1.82, 2.24) is 15.3 Å². The average molecular weight is 379 g/mol. The van der Waals surface area contributed by atoms with E-state index >= 15 is 0 Å². The predicted octanol–water partition coefficient (Wildman–Crippen LogP) is 3.25. The van der Waals surface area contributed by atoms with Gasteiger partial charge in [0.05, 0.1) is 5.56 Å². The second-order valence-electron chi connectivity index (χ2n) is 5.99. The molecule has 0 radical (unpaired) electrons. The Morgan fingerprint density at radius 2 is 1.54 bits per heavy atom. The molecule has 0 unspecified atom stereocenters. The third-order valence-corrected chi connectivity index (χ3v) is 3.74. The molecule has 1 aromatic heterocycles. The van der Waals surface area contributed by atoms with Gasteiger partial charge in [0, 0.05) is 37.2 Å². The Balaban J connectivity index is 1.55. The smallest absolute Gasteiger partial charge is 0.254 e. The van der Waals surface area contributed by atoms with E-state index in [0.717, 1.165) is 11.3 Å². The van der Waals surface area contributed by atoms with Gasteiger partial charge in [0.25, 0.3) is 5.91 Å². The second kappa shape index (κ2) is 8.72. The molecule has 3 N–H and O–H groups in total. The summed E-state index contributed by atoms with van der Waals surface area (Å²) in [7, 11) is 0. The number of anilines is 3. The molecule has 7 nitrogen and oxygen atoms in total. The molecule has 0 aliphatic rings. The van der Waals surface area contributed by atoms with Crippen LogP contribution in [-0.2, 0) is 11.3 Å². The van der Waals surface area contributed by atoms with E-state index < -0.39 is 0 Å². The monoisotopic (exact) mass is 379 g/mol. The molecule has 0 spiro atoms. The van der Waals surface area contributed by atoms with Crippen LogP contribution in [0.2, 0.25) is 0 Å². The van der Waals surface area contributed by atoms with Crippen LogP contribution in [0.15, 0.2) is 60.9 Å². The minimum atomic E-state index is -0.324. The molecule has 0 aliphatic carbocycles. The number of nitrogens with zero attached hydrogens (tertiary/aromatic N) is 2. The van der Waals surface area contributed by atoms with Crippen molar-refractivity contribution in [3.05, 3.63) is 77.9 Å². The van der Waals surface area contributed by atoms with E-state index in [1.54, 1.807) is 36.4 Å². The highest BCUT2D eigenvalue weighted by Gasteiger charge is 2.07. The molecule has 1 heterocycles. The fourth-order valence-electron chi connectivity index (χ4n) is 2.37. The normalized spacial score (nSPS) is 10.2. The first-order valence-electron chi connectivity index (χ1n) is 8.49.